The van der Waals surface area contributed by atoms with Crippen molar-refractivity contribution in [3.8, 4) is 0 Å². The van der Waals surface area contributed by atoms with Crippen molar-refractivity contribution in [1.29, 1.82) is 0 Å². The quantitative estimate of drug-likeness (QED) is 0.734. The van der Waals surface area contributed by atoms with Crippen molar-refractivity contribution in [2.24, 2.45) is 11.7 Å². The van der Waals surface area contributed by atoms with Crippen LogP contribution in [-0.2, 0) is 0 Å². The monoisotopic (exact) mass is 175 g/mol. The van der Waals surface area contributed by atoms with E-state index in [1.807, 2.05) is 0 Å². The molecule has 1 aromatic rings. The van der Waals surface area contributed by atoms with Gasteiger partial charge in [0.05, 0.1) is 0 Å². The minimum Gasteiger partial charge on any atom is -0.330 e. The molecule has 0 aromatic heterocycles. The number of hydrogen-bond donors (Lipinski definition) is 1. The van der Waals surface area contributed by atoms with Gasteiger partial charge in [0.15, 0.2) is 0 Å². The van der Waals surface area contributed by atoms with Crippen LogP contribution in [0.3, 0.4) is 0 Å². The summed E-state index contributed by atoms with van der Waals surface area (Å²) in [6, 6.07) is 10.8. The first-order valence-electron chi connectivity index (χ1n) is 5.17. The van der Waals surface area contributed by atoms with Crippen molar-refractivity contribution in [2.75, 3.05) is 6.54 Å². The second-order valence-electron chi connectivity index (χ2n) is 3.94. The van der Waals surface area contributed by atoms with Crippen LogP contribution in [0.5, 0.6) is 0 Å². The minimum atomic E-state index is 0.724. The van der Waals surface area contributed by atoms with Crippen LogP contribution >= 0.6 is 0 Å². The van der Waals surface area contributed by atoms with Crippen LogP contribution in [-0.4, -0.2) is 6.54 Å². The Labute approximate surface area is 80.0 Å². The van der Waals surface area contributed by atoms with E-state index in [1.54, 1.807) is 0 Å². The zero-order chi connectivity index (χ0) is 9.10. The first-order valence-corrected chi connectivity index (χ1v) is 5.17. The summed E-state index contributed by atoms with van der Waals surface area (Å²) in [5.41, 5.74) is 7.24. The fourth-order valence-electron chi connectivity index (χ4n) is 2.46. The van der Waals surface area contributed by atoms with Gasteiger partial charge in [0.25, 0.3) is 0 Å². The lowest BCUT2D eigenvalue weighted by molar-refractivity contribution is 0.496. The fourth-order valence-corrected chi connectivity index (χ4v) is 2.46. The second kappa shape index (κ2) is 3.93. The van der Waals surface area contributed by atoms with Crippen molar-refractivity contribution in [2.45, 2.75) is 25.2 Å². The van der Waals surface area contributed by atoms with E-state index < -0.39 is 0 Å². The van der Waals surface area contributed by atoms with Gasteiger partial charge in [0.2, 0.25) is 0 Å². The van der Waals surface area contributed by atoms with Crippen molar-refractivity contribution < 1.29 is 0 Å². The minimum absolute atomic E-state index is 0.724. The van der Waals surface area contributed by atoms with Gasteiger partial charge < -0.3 is 5.73 Å². The molecule has 1 heteroatoms. The van der Waals surface area contributed by atoms with Crippen LogP contribution in [0.2, 0.25) is 0 Å². The summed E-state index contributed by atoms with van der Waals surface area (Å²) >= 11 is 0. The highest BCUT2D eigenvalue weighted by molar-refractivity contribution is 5.21. The highest BCUT2D eigenvalue weighted by atomic mass is 14.6. The Morgan fingerprint density at radius 3 is 2.62 bits per heavy atom. The van der Waals surface area contributed by atoms with Crippen LogP contribution in [0.15, 0.2) is 30.3 Å². The van der Waals surface area contributed by atoms with Gasteiger partial charge >= 0.3 is 0 Å². The molecule has 1 aliphatic rings. The SMILES string of the molecule is NC[C@H]1CCC[C@@H]1c1ccccc1. The van der Waals surface area contributed by atoms with E-state index in [4.69, 9.17) is 5.73 Å². The zero-order valence-electron chi connectivity index (χ0n) is 7.95. The Balaban J connectivity index is 2.16. The highest BCUT2D eigenvalue weighted by Gasteiger charge is 2.26. The predicted octanol–water partition coefficient (Wildman–Crippen LogP) is 2.53. The summed E-state index contributed by atoms with van der Waals surface area (Å²) in [5.74, 6) is 1.45. The van der Waals surface area contributed by atoms with Gasteiger partial charge in [0.1, 0.15) is 0 Å². The molecule has 0 radical (unpaired) electrons. The molecular weight excluding hydrogens is 158 g/mol. The lowest BCUT2D eigenvalue weighted by Crippen LogP contribution is -2.16. The topological polar surface area (TPSA) is 26.0 Å². The predicted molar refractivity (Wildman–Crippen MR) is 55.6 cm³/mol. The Bertz CT molecular complexity index is 255. The zero-order valence-corrected chi connectivity index (χ0v) is 7.95. The summed E-state index contributed by atoms with van der Waals surface area (Å²) in [7, 11) is 0. The van der Waals surface area contributed by atoms with E-state index in [9.17, 15) is 0 Å². The van der Waals surface area contributed by atoms with Gasteiger partial charge in [-0.1, -0.05) is 36.8 Å². The summed E-state index contributed by atoms with van der Waals surface area (Å²) in [4.78, 5) is 0. The molecule has 2 atom stereocenters. The molecule has 1 saturated carbocycles. The molecule has 1 aliphatic carbocycles. The number of hydrogen-bond acceptors (Lipinski definition) is 1. The lowest BCUT2D eigenvalue weighted by atomic mass is 9.89. The van der Waals surface area contributed by atoms with Gasteiger partial charge in [-0.2, -0.15) is 0 Å². The molecule has 0 heterocycles. The van der Waals surface area contributed by atoms with E-state index in [-0.39, 0.29) is 0 Å². The van der Waals surface area contributed by atoms with Crippen LogP contribution in [0, 0.1) is 5.92 Å². The standard InChI is InChI=1S/C12H17N/c13-9-11-7-4-8-12(11)10-5-2-1-3-6-10/h1-3,5-6,11-12H,4,7-9,13H2/t11-,12-/m1/s1. The first kappa shape index (κ1) is 8.76. The van der Waals surface area contributed by atoms with Crippen LogP contribution in [0.1, 0.15) is 30.7 Å². The highest BCUT2D eigenvalue weighted by Crippen LogP contribution is 2.38. The number of rotatable bonds is 2. The molecule has 2 rings (SSSR count). The maximum Gasteiger partial charge on any atom is -0.00430 e. The molecule has 1 fully saturated rings. The smallest absolute Gasteiger partial charge is 0.00430 e. The third-order valence-corrected chi connectivity index (χ3v) is 3.19. The molecule has 0 bridgehead atoms. The van der Waals surface area contributed by atoms with E-state index in [0.717, 1.165) is 18.4 Å². The Hall–Kier alpha value is -0.820. The molecule has 0 saturated heterocycles. The van der Waals surface area contributed by atoms with Gasteiger partial charge in [-0.25, -0.2) is 0 Å². The first-order chi connectivity index (χ1) is 6.42. The van der Waals surface area contributed by atoms with Crippen molar-refractivity contribution in [3.63, 3.8) is 0 Å². The molecule has 1 aromatic carbocycles. The molecule has 0 aliphatic heterocycles. The van der Waals surface area contributed by atoms with E-state index in [1.165, 1.54) is 24.8 Å². The summed E-state index contributed by atoms with van der Waals surface area (Å²) < 4.78 is 0. The van der Waals surface area contributed by atoms with Crippen LogP contribution in [0.4, 0.5) is 0 Å². The van der Waals surface area contributed by atoms with Crippen molar-refractivity contribution >= 4 is 0 Å². The van der Waals surface area contributed by atoms with Crippen molar-refractivity contribution in [3.05, 3.63) is 35.9 Å². The molecular formula is C12H17N. The average Bonchev–Trinajstić information content (AvgIpc) is 2.67. The second-order valence-corrected chi connectivity index (χ2v) is 3.94. The summed E-state index contributed by atoms with van der Waals surface area (Å²) in [6.45, 7) is 0.847. The normalized spacial score (nSPS) is 27.8. The molecule has 0 unspecified atom stereocenters. The molecule has 13 heavy (non-hydrogen) atoms. The summed E-state index contributed by atoms with van der Waals surface area (Å²) in [5, 5.41) is 0. The molecule has 0 amide bonds. The van der Waals surface area contributed by atoms with E-state index in [0.29, 0.717) is 0 Å². The fraction of sp³-hybridized carbons (Fsp3) is 0.500. The van der Waals surface area contributed by atoms with Crippen molar-refractivity contribution in [1.82, 2.24) is 0 Å². The molecule has 2 N–H and O–H groups in total. The summed E-state index contributed by atoms with van der Waals surface area (Å²) in [6.07, 6.45) is 3.99. The Morgan fingerprint density at radius 1 is 1.15 bits per heavy atom. The Morgan fingerprint density at radius 2 is 1.92 bits per heavy atom. The van der Waals surface area contributed by atoms with Gasteiger partial charge in [0, 0.05) is 0 Å². The maximum atomic E-state index is 5.76. The maximum absolute atomic E-state index is 5.76. The van der Waals surface area contributed by atoms with E-state index in [2.05, 4.69) is 30.3 Å². The van der Waals surface area contributed by atoms with Crippen LogP contribution < -0.4 is 5.73 Å². The van der Waals surface area contributed by atoms with Gasteiger partial charge in [-0.15, -0.1) is 0 Å². The number of nitrogens with two attached hydrogens (primary N) is 1. The molecule has 0 spiro atoms. The Kier molecular flexibility index (Phi) is 2.65. The third-order valence-electron chi connectivity index (χ3n) is 3.19. The molecule has 70 valence electrons. The number of benzene rings is 1. The van der Waals surface area contributed by atoms with Crippen LogP contribution in [0.25, 0.3) is 0 Å². The van der Waals surface area contributed by atoms with Gasteiger partial charge in [-0.05, 0) is 36.8 Å². The molecule has 1 nitrogen and oxygen atoms in total. The third kappa shape index (κ3) is 1.75. The average molecular weight is 175 g/mol. The van der Waals surface area contributed by atoms with Gasteiger partial charge in [-0.3, -0.25) is 0 Å². The van der Waals surface area contributed by atoms with E-state index >= 15 is 0 Å². The largest absolute Gasteiger partial charge is 0.330 e. The lowest BCUT2D eigenvalue weighted by Gasteiger charge is -2.17.